The van der Waals surface area contributed by atoms with Gasteiger partial charge < -0.3 is 19.5 Å². The third kappa shape index (κ3) is 6.79. The van der Waals surface area contributed by atoms with Gasteiger partial charge in [-0.1, -0.05) is 13.8 Å². The van der Waals surface area contributed by atoms with Crippen LogP contribution in [-0.2, 0) is 13.1 Å². The topological polar surface area (TPSA) is 92.0 Å². The predicted octanol–water partition coefficient (Wildman–Crippen LogP) is 5.36. The zero-order valence-corrected chi connectivity index (χ0v) is 19.5. The maximum atomic E-state index is 13.3. The van der Waals surface area contributed by atoms with Gasteiger partial charge in [0.1, 0.15) is 11.5 Å². The molecule has 1 heterocycles. The van der Waals surface area contributed by atoms with E-state index in [2.05, 4.69) is 0 Å². The molecule has 2 N–H and O–H groups in total. The first kappa shape index (κ1) is 26.3. The number of benzene rings is 1. The first-order valence-electron chi connectivity index (χ1n) is 10.7. The van der Waals surface area contributed by atoms with Crippen LogP contribution in [0, 0.1) is 5.92 Å². The quantitative estimate of drug-likeness (QED) is 0.505. The third-order valence-corrected chi connectivity index (χ3v) is 5.06. The molecular weight excluding hydrogens is 441 g/mol. The van der Waals surface area contributed by atoms with E-state index in [1.54, 1.807) is 20.8 Å². The molecule has 0 aliphatic carbocycles. The zero-order valence-electron chi connectivity index (χ0n) is 19.5. The Balaban J connectivity index is 2.73. The molecule has 1 aromatic carbocycles. The van der Waals surface area contributed by atoms with E-state index in [1.807, 2.05) is 13.8 Å². The second-order valence-electron chi connectivity index (χ2n) is 9.42. The first-order chi connectivity index (χ1) is 15.1. The highest BCUT2D eigenvalue weighted by atomic mass is 19.4. The zero-order chi connectivity index (χ0) is 25.1. The Morgan fingerprint density at radius 2 is 1.82 bits per heavy atom. The molecule has 0 saturated heterocycles. The molecule has 0 aliphatic heterocycles. The summed E-state index contributed by atoms with van der Waals surface area (Å²) < 4.78 is 45.0. The average molecular weight is 473 g/mol. The van der Waals surface area contributed by atoms with Gasteiger partial charge in [0.05, 0.1) is 24.2 Å². The lowest BCUT2D eigenvalue weighted by molar-refractivity contribution is -0.136. The molecule has 7 nitrogen and oxygen atoms in total. The number of carboxylic acid groups (broad SMARTS) is 1. The van der Waals surface area contributed by atoms with Crippen molar-refractivity contribution in [2.24, 2.45) is 5.92 Å². The number of hydrogen-bond acceptors (Lipinski definition) is 4. The van der Waals surface area contributed by atoms with Gasteiger partial charge in [-0.05, 0) is 51.3 Å². The molecule has 2 rings (SSSR count). The monoisotopic (exact) mass is 472 g/mol. The SMILES string of the molecule is CC(C)Cn1c(CN(C(=O)O)C(C)(C)C)c(OCCCC(F)(F)F)c2cc(O)ccc2c1=O. The molecule has 0 saturated carbocycles. The number of alkyl halides is 3. The summed E-state index contributed by atoms with van der Waals surface area (Å²) in [4.78, 5) is 26.5. The molecule has 10 heteroatoms. The van der Waals surface area contributed by atoms with Crippen molar-refractivity contribution in [3.8, 4) is 11.5 Å². The van der Waals surface area contributed by atoms with Crippen LogP contribution >= 0.6 is 0 Å². The van der Waals surface area contributed by atoms with Crippen LogP contribution in [0.4, 0.5) is 18.0 Å². The van der Waals surface area contributed by atoms with Gasteiger partial charge in [-0.3, -0.25) is 9.69 Å². The highest BCUT2D eigenvalue weighted by Crippen LogP contribution is 2.33. The predicted molar refractivity (Wildman–Crippen MR) is 119 cm³/mol. The second-order valence-corrected chi connectivity index (χ2v) is 9.42. The molecule has 0 bridgehead atoms. The molecule has 33 heavy (non-hydrogen) atoms. The number of amides is 1. The van der Waals surface area contributed by atoms with Crippen molar-refractivity contribution in [1.29, 1.82) is 0 Å². The van der Waals surface area contributed by atoms with E-state index in [-0.39, 0.29) is 60.0 Å². The van der Waals surface area contributed by atoms with Crippen LogP contribution in [0.5, 0.6) is 11.5 Å². The van der Waals surface area contributed by atoms with Gasteiger partial charge in [-0.25, -0.2) is 4.79 Å². The van der Waals surface area contributed by atoms with Crippen molar-refractivity contribution in [2.45, 2.75) is 72.3 Å². The van der Waals surface area contributed by atoms with Gasteiger partial charge >= 0.3 is 12.3 Å². The second kappa shape index (κ2) is 9.93. The largest absolute Gasteiger partial charge is 0.508 e. The lowest BCUT2D eigenvalue weighted by Crippen LogP contribution is -2.45. The van der Waals surface area contributed by atoms with Gasteiger partial charge in [0.2, 0.25) is 0 Å². The van der Waals surface area contributed by atoms with Crippen molar-refractivity contribution in [2.75, 3.05) is 6.61 Å². The number of halogens is 3. The molecule has 0 unspecified atom stereocenters. The van der Waals surface area contributed by atoms with E-state index in [1.165, 1.54) is 22.8 Å². The van der Waals surface area contributed by atoms with Crippen LogP contribution in [0.3, 0.4) is 0 Å². The number of rotatable bonds is 8. The summed E-state index contributed by atoms with van der Waals surface area (Å²) in [6.45, 7) is 8.61. The molecule has 0 radical (unpaired) electrons. The highest BCUT2D eigenvalue weighted by Gasteiger charge is 2.30. The molecule has 0 aliphatic rings. The number of carbonyl (C=O) groups is 1. The minimum atomic E-state index is -4.34. The minimum absolute atomic E-state index is 0.0157. The number of hydrogen-bond donors (Lipinski definition) is 2. The standard InChI is InChI=1S/C23H31F3N2O5/c1-14(2)12-27-18(13-28(21(31)32)22(3,4)5)19(33-10-6-9-23(24,25)26)17-11-15(29)7-8-16(17)20(27)30/h7-8,11,14,29H,6,9-10,12-13H2,1-5H3,(H,31,32). The van der Waals surface area contributed by atoms with Crippen LogP contribution in [-0.4, -0.2) is 44.1 Å². The molecule has 184 valence electrons. The number of ether oxygens (including phenoxy) is 1. The summed E-state index contributed by atoms with van der Waals surface area (Å²) in [5.41, 5.74) is -0.988. The van der Waals surface area contributed by atoms with Gasteiger partial charge in [0.15, 0.2) is 0 Å². The van der Waals surface area contributed by atoms with Crippen LogP contribution in [0.2, 0.25) is 0 Å². The highest BCUT2D eigenvalue weighted by molar-refractivity contribution is 5.89. The van der Waals surface area contributed by atoms with Crippen LogP contribution in [0.25, 0.3) is 10.8 Å². The van der Waals surface area contributed by atoms with Gasteiger partial charge in [-0.2, -0.15) is 13.2 Å². The van der Waals surface area contributed by atoms with Gasteiger partial charge in [0.25, 0.3) is 5.56 Å². The van der Waals surface area contributed by atoms with Crippen LogP contribution in [0.15, 0.2) is 23.0 Å². The average Bonchev–Trinajstić information content (AvgIpc) is 2.64. The Morgan fingerprint density at radius 3 is 2.33 bits per heavy atom. The smallest absolute Gasteiger partial charge is 0.408 e. The number of phenolic OH excluding ortho intramolecular Hbond substituents is 1. The number of pyridine rings is 1. The van der Waals surface area contributed by atoms with Crippen molar-refractivity contribution < 1.29 is 32.9 Å². The lowest BCUT2D eigenvalue weighted by atomic mass is 10.0. The Morgan fingerprint density at radius 1 is 1.18 bits per heavy atom. The van der Waals surface area contributed by atoms with Crippen LogP contribution < -0.4 is 10.3 Å². The van der Waals surface area contributed by atoms with Crippen molar-refractivity contribution >= 4 is 16.9 Å². The number of fused-ring (bicyclic) bond motifs is 1. The summed E-state index contributed by atoms with van der Waals surface area (Å²) in [6.07, 6.45) is -6.91. The molecule has 2 aromatic rings. The molecule has 1 amide bonds. The summed E-state index contributed by atoms with van der Waals surface area (Å²) >= 11 is 0. The maximum absolute atomic E-state index is 13.3. The van der Waals surface area contributed by atoms with Crippen LogP contribution in [0.1, 0.15) is 53.2 Å². The van der Waals surface area contributed by atoms with E-state index in [4.69, 9.17) is 4.74 Å². The van der Waals surface area contributed by atoms with Gasteiger partial charge in [0, 0.05) is 23.9 Å². The minimum Gasteiger partial charge on any atom is -0.508 e. The first-order valence-corrected chi connectivity index (χ1v) is 10.7. The molecule has 1 aromatic heterocycles. The molecule has 0 fully saturated rings. The summed E-state index contributed by atoms with van der Waals surface area (Å²) in [6, 6.07) is 4.07. The Bertz CT molecular complexity index is 1060. The number of phenols is 1. The van der Waals surface area contributed by atoms with E-state index in [0.717, 1.165) is 4.90 Å². The van der Waals surface area contributed by atoms with E-state index < -0.39 is 29.8 Å². The van der Waals surface area contributed by atoms with Gasteiger partial charge in [-0.15, -0.1) is 0 Å². The Labute approximate surface area is 190 Å². The molecule has 0 spiro atoms. The fourth-order valence-electron chi connectivity index (χ4n) is 3.52. The fourth-order valence-corrected chi connectivity index (χ4v) is 3.52. The van der Waals surface area contributed by atoms with Crippen molar-refractivity contribution in [1.82, 2.24) is 9.47 Å². The van der Waals surface area contributed by atoms with E-state index >= 15 is 0 Å². The van der Waals surface area contributed by atoms with E-state index in [9.17, 15) is 33.0 Å². The number of aromatic hydroxyl groups is 1. The Kier molecular flexibility index (Phi) is 7.92. The third-order valence-electron chi connectivity index (χ3n) is 5.06. The molecular formula is C23H31F3N2O5. The Hall–Kier alpha value is -2.91. The summed E-state index contributed by atoms with van der Waals surface area (Å²) in [7, 11) is 0. The molecule has 0 atom stereocenters. The number of nitrogens with zero attached hydrogens (tertiary/aromatic N) is 2. The maximum Gasteiger partial charge on any atom is 0.408 e. The fraction of sp³-hybridized carbons (Fsp3) is 0.565. The lowest BCUT2D eigenvalue weighted by Gasteiger charge is -2.34. The van der Waals surface area contributed by atoms with E-state index in [0.29, 0.717) is 0 Å². The summed E-state index contributed by atoms with van der Waals surface area (Å²) in [5, 5.41) is 20.3. The summed E-state index contributed by atoms with van der Waals surface area (Å²) in [5.74, 6) is -0.0404. The van der Waals surface area contributed by atoms with Crippen molar-refractivity contribution in [3.63, 3.8) is 0 Å². The number of aromatic nitrogens is 1. The normalized spacial score (nSPS) is 12.4. The van der Waals surface area contributed by atoms with Crippen molar-refractivity contribution in [3.05, 3.63) is 34.2 Å².